The van der Waals surface area contributed by atoms with Crippen LogP contribution in [0.15, 0.2) is 41.1 Å². The number of carboxylic acid groups (broad SMARTS) is 1. The van der Waals surface area contributed by atoms with Crippen LogP contribution in [-0.2, 0) is 4.79 Å². The third kappa shape index (κ3) is 3.44. The molecule has 120 valence electrons. The lowest BCUT2D eigenvalue weighted by atomic mass is 9.96. The van der Waals surface area contributed by atoms with Gasteiger partial charge in [0.05, 0.1) is 22.3 Å². The van der Waals surface area contributed by atoms with Gasteiger partial charge >= 0.3 is 5.97 Å². The SMILES string of the molecule is O=C(O)C1CCN(C(=O)c2cccc(-n3cc(Br)cn3)c2)CC1. The molecule has 0 bridgehead atoms. The van der Waals surface area contributed by atoms with Crippen LogP contribution in [-0.4, -0.2) is 44.8 Å². The van der Waals surface area contributed by atoms with Crippen LogP contribution in [0.3, 0.4) is 0 Å². The molecule has 0 unspecified atom stereocenters. The molecule has 1 aliphatic rings. The Bertz CT molecular complexity index is 736. The minimum absolute atomic E-state index is 0.0677. The maximum Gasteiger partial charge on any atom is 0.306 e. The summed E-state index contributed by atoms with van der Waals surface area (Å²) in [5, 5.41) is 13.2. The average Bonchev–Trinajstić information content (AvgIpc) is 3.01. The fourth-order valence-corrected chi connectivity index (χ4v) is 3.02. The molecule has 1 N–H and O–H groups in total. The van der Waals surface area contributed by atoms with Gasteiger partial charge in [-0.25, -0.2) is 4.68 Å². The Labute approximate surface area is 141 Å². The summed E-state index contributed by atoms with van der Waals surface area (Å²) in [6, 6.07) is 7.27. The van der Waals surface area contributed by atoms with Crippen molar-refractivity contribution in [2.45, 2.75) is 12.8 Å². The zero-order valence-electron chi connectivity index (χ0n) is 12.4. The first-order valence-electron chi connectivity index (χ1n) is 7.37. The highest BCUT2D eigenvalue weighted by molar-refractivity contribution is 9.10. The third-order valence-electron chi connectivity index (χ3n) is 4.04. The smallest absolute Gasteiger partial charge is 0.306 e. The number of likely N-dealkylation sites (tertiary alicyclic amines) is 1. The standard InChI is InChI=1S/C16H16BrN3O3/c17-13-9-18-20(10-13)14-3-1-2-12(8-14)15(21)19-6-4-11(5-7-19)16(22)23/h1-3,8-11H,4-7H2,(H,22,23). The van der Waals surface area contributed by atoms with E-state index in [1.165, 1.54) is 0 Å². The highest BCUT2D eigenvalue weighted by Crippen LogP contribution is 2.20. The molecule has 2 heterocycles. The summed E-state index contributed by atoms with van der Waals surface area (Å²) >= 11 is 3.35. The Balaban J connectivity index is 1.74. The van der Waals surface area contributed by atoms with E-state index in [0.717, 1.165) is 10.2 Å². The van der Waals surface area contributed by atoms with Crippen LogP contribution >= 0.6 is 15.9 Å². The van der Waals surface area contributed by atoms with Gasteiger partial charge in [-0.1, -0.05) is 6.07 Å². The van der Waals surface area contributed by atoms with E-state index in [0.29, 0.717) is 31.5 Å². The Morgan fingerprint density at radius 2 is 2.00 bits per heavy atom. The summed E-state index contributed by atoms with van der Waals surface area (Å²) in [4.78, 5) is 25.3. The first kappa shape index (κ1) is 15.7. The molecule has 7 heteroatoms. The first-order valence-corrected chi connectivity index (χ1v) is 8.16. The van der Waals surface area contributed by atoms with Crippen molar-refractivity contribution in [1.82, 2.24) is 14.7 Å². The molecular formula is C16H16BrN3O3. The molecule has 0 radical (unpaired) electrons. The molecule has 23 heavy (non-hydrogen) atoms. The van der Waals surface area contributed by atoms with Crippen LogP contribution in [0.5, 0.6) is 0 Å². The number of carbonyl (C=O) groups is 2. The summed E-state index contributed by atoms with van der Waals surface area (Å²) in [6.07, 6.45) is 4.52. The summed E-state index contributed by atoms with van der Waals surface area (Å²) < 4.78 is 2.56. The Kier molecular flexibility index (Phi) is 4.47. The number of halogens is 1. The second kappa shape index (κ2) is 6.54. The fourth-order valence-electron chi connectivity index (χ4n) is 2.74. The normalized spacial score (nSPS) is 15.6. The number of aliphatic carboxylic acids is 1. The summed E-state index contributed by atoms with van der Waals surface area (Å²) in [6.45, 7) is 0.959. The molecule has 1 aromatic heterocycles. The number of piperidine rings is 1. The number of hydrogen-bond donors (Lipinski definition) is 1. The second-order valence-electron chi connectivity index (χ2n) is 5.56. The predicted molar refractivity (Wildman–Crippen MR) is 87.5 cm³/mol. The average molecular weight is 378 g/mol. The van der Waals surface area contributed by atoms with Gasteiger partial charge in [-0.05, 0) is 47.0 Å². The van der Waals surface area contributed by atoms with Gasteiger partial charge in [-0.2, -0.15) is 5.10 Å². The van der Waals surface area contributed by atoms with E-state index in [1.807, 2.05) is 18.3 Å². The van der Waals surface area contributed by atoms with Gasteiger partial charge in [0.2, 0.25) is 0 Å². The van der Waals surface area contributed by atoms with Crippen LogP contribution in [0.2, 0.25) is 0 Å². The maximum absolute atomic E-state index is 12.6. The van der Waals surface area contributed by atoms with Crippen molar-refractivity contribution in [1.29, 1.82) is 0 Å². The number of benzene rings is 1. The molecule has 0 saturated carbocycles. The van der Waals surface area contributed by atoms with E-state index in [1.54, 1.807) is 27.9 Å². The minimum atomic E-state index is -0.775. The van der Waals surface area contributed by atoms with Crippen molar-refractivity contribution < 1.29 is 14.7 Å². The van der Waals surface area contributed by atoms with Gasteiger partial charge in [0.15, 0.2) is 0 Å². The molecule has 0 atom stereocenters. The fraction of sp³-hybridized carbons (Fsp3) is 0.312. The molecule has 1 saturated heterocycles. The number of amides is 1. The van der Waals surface area contributed by atoms with Crippen molar-refractivity contribution >= 4 is 27.8 Å². The van der Waals surface area contributed by atoms with Crippen molar-refractivity contribution in [2.75, 3.05) is 13.1 Å². The maximum atomic E-state index is 12.6. The Morgan fingerprint density at radius 1 is 1.26 bits per heavy atom. The third-order valence-corrected chi connectivity index (χ3v) is 4.45. The van der Waals surface area contributed by atoms with E-state index in [4.69, 9.17) is 5.11 Å². The summed E-state index contributed by atoms with van der Waals surface area (Å²) in [7, 11) is 0. The zero-order valence-corrected chi connectivity index (χ0v) is 13.9. The van der Waals surface area contributed by atoms with Gasteiger partial charge in [0, 0.05) is 24.8 Å². The zero-order chi connectivity index (χ0) is 16.4. The topological polar surface area (TPSA) is 75.4 Å². The van der Waals surface area contributed by atoms with Crippen molar-refractivity contribution in [3.05, 3.63) is 46.7 Å². The Hall–Kier alpha value is -2.15. The van der Waals surface area contributed by atoms with Gasteiger partial charge in [0.25, 0.3) is 5.91 Å². The first-order chi connectivity index (χ1) is 11.0. The van der Waals surface area contributed by atoms with E-state index >= 15 is 0 Å². The lowest BCUT2D eigenvalue weighted by Gasteiger charge is -2.30. The van der Waals surface area contributed by atoms with E-state index in [-0.39, 0.29) is 11.8 Å². The summed E-state index contributed by atoms with van der Waals surface area (Å²) in [5.74, 6) is -1.18. The molecule has 6 nitrogen and oxygen atoms in total. The molecular weight excluding hydrogens is 362 g/mol. The Morgan fingerprint density at radius 3 is 2.61 bits per heavy atom. The van der Waals surface area contributed by atoms with Crippen molar-refractivity contribution in [2.24, 2.45) is 5.92 Å². The molecule has 0 spiro atoms. The van der Waals surface area contributed by atoms with Crippen LogP contribution in [0.4, 0.5) is 0 Å². The molecule has 1 amide bonds. The van der Waals surface area contributed by atoms with E-state index in [2.05, 4.69) is 21.0 Å². The molecule has 1 aliphatic heterocycles. The van der Waals surface area contributed by atoms with Crippen molar-refractivity contribution in [3.63, 3.8) is 0 Å². The van der Waals surface area contributed by atoms with E-state index in [9.17, 15) is 9.59 Å². The van der Waals surface area contributed by atoms with Crippen LogP contribution < -0.4 is 0 Å². The number of aromatic nitrogens is 2. The molecule has 3 rings (SSSR count). The highest BCUT2D eigenvalue weighted by Gasteiger charge is 2.27. The number of carboxylic acids is 1. The summed E-state index contributed by atoms with van der Waals surface area (Å²) in [5.41, 5.74) is 1.39. The lowest BCUT2D eigenvalue weighted by molar-refractivity contribution is -0.143. The van der Waals surface area contributed by atoms with Gasteiger partial charge in [0.1, 0.15) is 0 Å². The highest BCUT2D eigenvalue weighted by atomic mass is 79.9. The molecule has 2 aromatic rings. The lowest BCUT2D eigenvalue weighted by Crippen LogP contribution is -2.40. The quantitative estimate of drug-likeness (QED) is 0.891. The van der Waals surface area contributed by atoms with E-state index < -0.39 is 5.97 Å². The van der Waals surface area contributed by atoms with Crippen LogP contribution in [0.25, 0.3) is 5.69 Å². The van der Waals surface area contributed by atoms with Gasteiger partial charge in [-0.3, -0.25) is 9.59 Å². The molecule has 0 aliphatic carbocycles. The van der Waals surface area contributed by atoms with Gasteiger partial charge < -0.3 is 10.0 Å². The largest absolute Gasteiger partial charge is 0.481 e. The van der Waals surface area contributed by atoms with Crippen LogP contribution in [0, 0.1) is 5.92 Å². The number of carbonyl (C=O) groups excluding carboxylic acids is 1. The van der Waals surface area contributed by atoms with Gasteiger partial charge in [-0.15, -0.1) is 0 Å². The predicted octanol–water partition coefficient (Wildman–Crippen LogP) is 2.57. The van der Waals surface area contributed by atoms with Crippen molar-refractivity contribution in [3.8, 4) is 5.69 Å². The number of rotatable bonds is 3. The second-order valence-corrected chi connectivity index (χ2v) is 6.47. The molecule has 1 fully saturated rings. The number of nitrogens with zero attached hydrogens (tertiary/aromatic N) is 3. The number of hydrogen-bond acceptors (Lipinski definition) is 3. The van der Waals surface area contributed by atoms with Crippen LogP contribution in [0.1, 0.15) is 23.2 Å². The molecule has 1 aromatic carbocycles. The minimum Gasteiger partial charge on any atom is -0.481 e. The monoisotopic (exact) mass is 377 g/mol.